The normalized spacial score (nSPS) is 17.5. The summed E-state index contributed by atoms with van der Waals surface area (Å²) >= 11 is 0. The lowest BCUT2D eigenvalue weighted by Gasteiger charge is -2.44. The molecular formula is C21H42O2Si2. The highest BCUT2D eigenvalue weighted by Crippen LogP contribution is 2.41. The third kappa shape index (κ3) is 6.71. The first kappa shape index (κ1) is 24.7. The van der Waals surface area contributed by atoms with Crippen molar-refractivity contribution in [1.82, 2.24) is 0 Å². The van der Waals surface area contributed by atoms with Crippen LogP contribution in [0.1, 0.15) is 54.9 Å². The molecule has 2 nitrogen and oxygen atoms in total. The van der Waals surface area contributed by atoms with Crippen molar-refractivity contribution in [1.29, 1.82) is 0 Å². The molecule has 0 aromatic rings. The van der Waals surface area contributed by atoms with Crippen molar-refractivity contribution in [2.24, 2.45) is 5.92 Å². The minimum atomic E-state index is -1.90. The van der Waals surface area contributed by atoms with Crippen LogP contribution in [0.25, 0.3) is 0 Å². The Morgan fingerprint density at radius 1 is 0.960 bits per heavy atom. The lowest BCUT2D eigenvalue weighted by Crippen LogP contribution is -2.50. The molecule has 0 fully saturated rings. The average molecular weight is 383 g/mol. The molecule has 0 N–H and O–H groups in total. The van der Waals surface area contributed by atoms with Crippen LogP contribution in [0.2, 0.25) is 36.3 Å². The summed E-state index contributed by atoms with van der Waals surface area (Å²) in [5, 5.41) is 0.319. The molecule has 0 spiro atoms. The van der Waals surface area contributed by atoms with E-state index in [4.69, 9.17) is 15.3 Å². The number of hydrogen-bond acceptors (Lipinski definition) is 2. The first-order valence-corrected chi connectivity index (χ1v) is 15.2. The van der Waals surface area contributed by atoms with Crippen LogP contribution in [0.15, 0.2) is 12.7 Å². The molecule has 0 radical (unpaired) electrons. The van der Waals surface area contributed by atoms with E-state index in [9.17, 15) is 0 Å². The van der Waals surface area contributed by atoms with Crippen LogP contribution >= 0.6 is 0 Å². The van der Waals surface area contributed by atoms with Crippen molar-refractivity contribution >= 4 is 16.6 Å². The minimum Gasteiger partial charge on any atom is -0.413 e. The fourth-order valence-electron chi connectivity index (χ4n) is 2.10. The molecule has 0 saturated heterocycles. The van der Waals surface area contributed by atoms with Crippen LogP contribution in [-0.2, 0) is 8.85 Å². The molecule has 0 amide bonds. The summed E-state index contributed by atoms with van der Waals surface area (Å²) in [6.45, 7) is 28.9. The van der Waals surface area contributed by atoms with Crippen molar-refractivity contribution < 1.29 is 8.85 Å². The lowest BCUT2D eigenvalue weighted by atomic mass is 9.96. The molecule has 0 saturated carbocycles. The van der Waals surface area contributed by atoms with Crippen molar-refractivity contribution in [2.75, 3.05) is 0 Å². The molecule has 4 heteroatoms. The van der Waals surface area contributed by atoms with Gasteiger partial charge in [-0.05, 0) is 36.3 Å². The van der Waals surface area contributed by atoms with Gasteiger partial charge in [-0.25, -0.2) is 0 Å². The highest BCUT2D eigenvalue weighted by Gasteiger charge is 2.43. The van der Waals surface area contributed by atoms with E-state index in [1.54, 1.807) is 0 Å². The first-order chi connectivity index (χ1) is 11.0. The van der Waals surface area contributed by atoms with Crippen LogP contribution in [0.4, 0.5) is 0 Å². The molecule has 0 aromatic heterocycles. The van der Waals surface area contributed by atoms with Crippen molar-refractivity contribution in [3.63, 3.8) is 0 Å². The summed E-state index contributed by atoms with van der Waals surface area (Å²) in [5.41, 5.74) is 0. The molecule has 25 heavy (non-hydrogen) atoms. The maximum Gasteiger partial charge on any atom is 0.192 e. The Morgan fingerprint density at radius 3 is 1.68 bits per heavy atom. The molecule has 3 unspecified atom stereocenters. The quantitative estimate of drug-likeness (QED) is 0.267. The van der Waals surface area contributed by atoms with Crippen molar-refractivity contribution in [3.05, 3.63) is 12.7 Å². The molecule has 0 bridgehead atoms. The zero-order chi connectivity index (χ0) is 20.3. The van der Waals surface area contributed by atoms with Gasteiger partial charge < -0.3 is 8.85 Å². The maximum absolute atomic E-state index is 6.67. The van der Waals surface area contributed by atoms with Gasteiger partial charge in [0.05, 0.1) is 12.2 Å². The molecular weight excluding hydrogens is 340 g/mol. The third-order valence-electron chi connectivity index (χ3n) is 6.15. The predicted octanol–water partition coefficient (Wildman–Crippen LogP) is 6.61. The number of rotatable bonds is 8. The summed E-state index contributed by atoms with van der Waals surface area (Å²) in [5.74, 6) is 2.99. The van der Waals surface area contributed by atoms with Gasteiger partial charge in [0.2, 0.25) is 0 Å². The summed E-state index contributed by atoms with van der Waals surface area (Å²) in [6, 6.07) is 0. The van der Waals surface area contributed by atoms with Gasteiger partial charge in [-0.3, -0.25) is 0 Å². The van der Waals surface area contributed by atoms with Crippen molar-refractivity contribution in [2.45, 2.75) is 103 Å². The second-order valence-corrected chi connectivity index (χ2v) is 19.8. The van der Waals surface area contributed by atoms with Gasteiger partial charge in [0.15, 0.2) is 16.6 Å². The van der Waals surface area contributed by atoms with Crippen molar-refractivity contribution in [3.8, 4) is 12.3 Å². The standard InChI is InChI=1S/C21H42O2Si2/c1-14-16-19(23-25(12,13)21(7,8)9)17(3)18(15-2)22-24(10,11)20(4,5)6/h1,15,17-19H,2,16H2,3-13H3. The van der Waals surface area contributed by atoms with E-state index < -0.39 is 16.6 Å². The summed E-state index contributed by atoms with van der Waals surface area (Å²) < 4.78 is 13.3. The molecule has 0 aliphatic carbocycles. The highest BCUT2D eigenvalue weighted by atomic mass is 28.4. The molecule has 0 aromatic carbocycles. The maximum atomic E-state index is 6.67. The fourth-order valence-corrected chi connectivity index (χ4v) is 4.86. The molecule has 0 aliphatic rings. The molecule has 0 aliphatic heterocycles. The van der Waals surface area contributed by atoms with Gasteiger partial charge in [-0.1, -0.05) is 54.5 Å². The van der Waals surface area contributed by atoms with E-state index in [-0.39, 0.29) is 28.2 Å². The molecule has 0 heterocycles. The summed E-state index contributed by atoms with van der Waals surface area (Å²) in [4.78, 5) is 0. The predicted molar refractivity (Wildman–Crippen MR) is 117 cm³/mol. The Balaban J connectivity index is 5.47. The lowest BCUT2D eigenvalue weighted by molar-refractivity contribution is 0.0604. The highest BCUT2D eigenvalue weighted by molar-refractivity contribution is 6.74. The summed E-state index contributed by atoms with van der Waals surface area (Å²) in [6.07, 6.45) is 8.17. The van der Waals surface area contributed by atoms with E-state index in [1.807, 2.05) is 6.08 Å². The Morgan fingerprint density at radius 2 is 1.36 bits per heavy atom. The van der Waals surface area contributed by atoms with Crippen LogP contribution in [0.5, 0.6) is 0 Å². The van der Waals surface area contributed by atoms with E-state index in [0.29, 0.717) is 6.42 Å². The molecule has 0 rings (SSSR count). The topological polar surface area (TPSA) is 18.5 Å². The SMILES string of the molecule is C#CCC(O[Si](C)(C)C(C)(C)C)C(C)C(C=C)O[Si](C)(C)C(C)(C)C. The average Bonchev–Trinajstić information content (AvgIpc) is 2.40. The number of terminal acetylenes is 1. The zero-order valence-corrected chi connectivity index (χ0v) is 20.6. The zero-order valence-electron chi connectivity index (χ0n) is 18.6. The van der Waals surface area contributed by atoms with E-state index in [1.165, 1.54) is 0 Å². The Hall–Kier alpha value is -0.346. The largest absolute Gasteiger partial charge is 0.413 e. The Labute approximate surface area is 160 Å². The third-order valence-corrected chi connectivity index (χ3v) is 15.1. The van der Waals surface area contributed by atoms with Crippen LogP contribution < -0.4 is 0 Å². The van der Waals surface area contributed by atoms with Gasteiger partial charge in [0, 0.05) is 12.3 Å². The second-order valence-electron chi connectivity index (χ2n) is 10.3. The van der Waals surface area contributed by atoms with Crippen LogP contribution in [0.3, 0.4) is 0 Å². The number of hydrogen-bond donors (Lipinski definition) is 0. The Bertz CT molecular complexity index is 476. The van der Waals surface area contributed by atoms with E-state index >= 15 is 0 Å². The first-order valence-electron chi connectivity index (χ1n) is 9.42. The van der Waals surface area contributed by atoms with Crippen LogP contribution in [0, 0.1) is 18.3 Å². The van der Waals surface area contributed by atoms with Gasteiger partial charge >= 0.3 is 0 Å². The van der Waals surface area contributed by atoms with Gasteiger partial charge in [-0.15, -0.1) is 18.9 Å². The van der Waals surface area contributed by atoms with Gasteiger partial charge in [-0.2, -0.15) is 0 Å². The minimum absolute atomic E-state index is 0.00124. The van der Waals surface area contributed by atoms with Gasteiger partial charge in [0.25, 0.3) is 0 Å². The fraction of sp³-hybridized carbons (Fsp3) is 0.810. The van der Waals surface area contributed by atoms with E-state index in [2.05, 4.69) is 87.2 Å². The van der Waals surface area contributed by atoms with Gasteiger partial charge in [0.1, 0.15) is 0 Å². The smallest absolute Gasteiger partial charge is 0.192 e. The molecule has 146 valence electrons. The second kappa shape index (κ2) is 8.56. The Kier molecular flexibility index (Phi) is 8.44. The van der Waals surface area contributed by atoms with E-state index in [0.717, 1.165) is 0 Å². The summed E-state index contributed by atoms with van der Waals surface area (Å²) in [7, 11) is -3.78. The molecule has 3 atom stereocenters. The monoisotopic (exact) mass is 382 g/mol. The van der Waals surface area contributed by atoms with Crippen LogP contribution in [-0.4, -0.2) is 28.8 Å².